The maximum atomic E-state index is 13.5. The Morgan fingerprint density at radius 3 is 2.71 bits per heavy atom. The zero-order chi connectivity index (χ0) is 24.7. The fraction of sp³-hybridized carbons (Fsp3) is 0.385. The number of nitrogens with zero attached hydrogens (tertiary/aromatic N) is 3. The van der Waals surface area contributed by atoms with E-state index < -0.39 is 10.2 Å². The zero-order valence-corrected chi connectivity index (χ0v) is 21.1. The molecule has 0 radical (unpaired) electrons. The van der Waals surface area contributed by atoms with Crippen LogP contribution in [0.15, 0.2) is 48.7 Å². The van der Waals surface area contributed by atoms with E-state index in [2.05, 4.69) is 16.0 Å². The van der Waals surface area contributed by atoms with E-state index >= 15 is 0 Å². The highest BCUT2D eigenvalue weighted by Crippen LogP contribution is 2.38. The number of hydrogen-bond acceptors (Lipinski definition) is 4. The second kappa shape index (κ2) is 9.29. The van der Waals surface area contributed by atoms with Crippen molar-refractivity contribution in [2.75, 3.05) is 37.6 Å². The van der Waals surface area contributed by atoms with Gasteiger partial charge in [-0.05, 0) is 56.2 Å². The Bertz CT molecular complexity index is 1380. The number of rotatable bonds is 6. The van der Waals surface area contributed by atoms with E-state index in [-0.39, 0.29) is 11.9 Å². The lowest BCUT2D eigenvalue weighted by atomic mass is 9.99. The molecule has 0 unspecified atom stereocenters. The summed E-state index contributed by atoms with van der Waals surface area (Å²) in [6.45, 7) is 6.63. The molecular weight excluding hydrogens is 467 g/mol. The molecule has 0 atom stereocenters. The number of aromatic amines is 1. The van der Waals surface area contributed by atoms with Crippen LogP contribution in [0, 0.1) is 5.82 Å². The van der Waals surface area contributed by atoms with Crippen LogP contribution < -0.4 is 9.04 Å². The largest absolute Gasteiger partial charge is 0.496 e. The second-order valence-electron chi connectivity index (χ2n) is 9.35. The standard InChI is InChI=1S/C26H31FN4O3S/c1-18(2)31-17-23-25(5-4-6-26(23)34-3)30(35(31,32)33)14-13-29-11-9-19(10-12-29)22-16-28-24-15-20(27)7-8-21(22)24/h4-9,15-16,18,28H,10-14,17H2,1-3H3. The van der Waals surface area contributed by atoms with Gasteiger partial charge in [0.15, 0.2) is 0 Å². The van der Waals surface area contributed by atoms with Gasteiger partial charge >= 0.3 is 10.2 Å². The Balaban J connectivity index is 1.34. The van der Waals surface area contributed by atoms with Crippen molar-refractivity contribution in [3.8, 4) is 5.75 Å². The Kier molecular flexibility index (Phi) is 6.33. The van der Waals surface area contributed by atoms with Crippen molar-refractivity contribution in [3.05, 3.63) is 65.6 Å². The molecular formula is C26H31FN4O3S. The SMILES string of the molecule is COc1cccc2c1CN(C(C)C)S(=O)(=O)N2CCN1CC=C(c2c[nH]c3cc(F)ccc23)CC1. The van der Waals surface area contributed by atoms with Gasteiger partial charge < -0.3 is 9.72 Å². The summed E-state index contributed by atoms with van der Waals surface area (Å²) in [4.78, 5) is 5.43. The molecule has 1 N–H and O–H groups in total. The normalized spacial score (nSPS) is 18.7. The molecule has 5 rings (SSSR count). The molecule has 2 aliphatic rings. The van der Waals surface area contributed by atoms with Gasteiger partial charge in [-0.25, -0.2) is 4.39 Å². The van der Waals surface area contributed by atoms with Gasteiger partial charge in [-0.15, -0.1) is 0 Å². The van der Waals surface area contributed by atoms with E-state index in [4.69, 9.17) is 4.74 Å². The third kappa shape index (κ3) is 4.32. The minimum Gasteiger partial charge on any atom is -0.496 e. The first-order valence-corrected chi connectivity index (χ1v) is 13.3. The summed E-state index contributed by atoms with van der Waals surface area (Å²) in [5.74, 6) is 0.454. The average Bonchev–Trinajstić information content (AvgIpc) is 3.25. The molecule has 0 saturated carbocycles. The topological polar surface area (TPSA) is 68.9 Å². The number of ether oxygens (including phenoxy) is 1. The van der Waals surface area contributed by atoms with Gasteiger partial charge in [-0.1, -0.05) is 12.1 Å². The summed E-state index contributed by atoms with van der Waals surface area (Å²) in [6.07, 6.45) is 4.98. The number of fused-ring (bicyclic) bond motifs is 2. The van der Waals surface area contributed by atoms with Crippen molar-refractivity contribution in [1.29, 1.82) is 0 Å². The van der Waals surface area contributed by atoms with E-state index in [1.165, 1.54) is 26.3 Å². The van der Waals surface area contributed by atoms with Gasteiger partial charge in [0, 0.05) is 67.0 Å². The number of methoxy groups -OCH3 is 1. The Morgan fingerprint density at radius 2 is 2.00 bits per heavy atom. The monoisotopic (exact) mass is 498 g/mol. The van der Waals surface area contributed by atoms with Crippen LogP contribution >= 0.6 is 0 Å². The molecule has 3 aromatic rings. The quantitative estimate of drug-likeness (QED) is 0.548. The predicted molar refractivity (Wildman–Crippen MR) is 137 cm³/mol. The summed E-state index contributed by atoms with van der Waals surface area (Å²) in [6, 6.07) is 10.2. The highest BCUT2D eigenvalue weighted by molar-refractivity contribution is 7.90. The molecule has 0 fully saturated rings. The molecule has 1 aromatic heterocycles. The summed E-state index contributed by atoms with van der Waals surface area (Å²) < 4.78 is 49.1. The van der Waals surface area contributed by atoms with E-state index in [1.807, 2.05) is 44.3 Å². The lowest BCUT2D eigenvalue weighted by Crippen LogP contribution is -2.52. The number of halogens is 1. The molecule has 0 amide bonds. The van der Waals surface area contributed by atoms with Crippen LogP contribution in [0.4, 0.5) is 10.1 Å². The van der Waals surface area contributed by atoms with Crippen LogP contribution in [0.1, 0.15) is 31.4 Å². The molecule has 3 heterocycles. The summed E-state index contributed by atoms with van der Waals surface area (Å²) in [7, 11) is -2.03. The highest BCUT2D eigenvalue weighted by atomic mass is 32.2. The molecule has 2 aromatic carbocycles. The van der Waals surface area contributed by atoms with Crippen molar-refractivity contribution in [3.63, 3.8) is 0 Å². The minimum absolute atomic E-state index is 0.161. The van der Waals surface area contributed by atoms with E-state index in [0.29, 0.717) is 31.1 Å². The van der Waals surface area contributed by atoms with E-state index in [1.54, 1.807) is 7.11 Å². The van der Waals surface area contributed by atoms with Crippen LogP contribution in [0.25, 0.3) is 16.5 Å². The summed E-state index contributed by atoms with van der Waals surface area (Å²) in [5, 5.41) is 1.02. The molecule has 0 spiro atoms. The Hall–Kier alpha value is -2.88. The zero-order valence-electron chi connectivity index (χ0n) is 20.3. The first-order valence-electron chi connectivity index (χ1n) is 11.9. The average molecular weight is 499 g/mol. The van der Waals surface area contributed by atoms with Gasteiger partial charge in [0.25, 0.3) is 0 Å². The Labute approximate surface area is 206 Å². The van der Waals surface area contributed by atoms with Crippen LogP contribution in [-0.2, 0) is 16.8 Å². The third-order valence-electron chi connectivity index (χ3n) is 6.96. The number of benzene rings is 2. The second-order valence-corrected chi connectivity index (χ2v) is 11.2. The fourth-order valence-electron chi connectivity index (χ4n) is 5.07. The number of nitrogens with one attached hydrogen (secondary N) is 1. The van der Waals surface area contributed by atoms with Crippen LogP contribution in [0.3, 0.4) is 0 Å². The van der Waals surface area contributed by atoms with E-state index in [0.717, 1.165) is 41.5 Å². The van der Waals surface area contributed by atoms with Crippen LogP contribution in [0.5, 0.6) is 5.75 Å². The predicted octanol–water partition coefficient (Wildman–Crippen LogP) is 4.38. The third-order valence-corrected chi connectivity index (χ3v) is 9.04. The maximum Gasteiger partial charge on any atom is 0.304 e. The van der Waals surface area contributed by atoms with Gasteiger partial charge in [0.1, 0.15) is 11.6 Å². The first kappa shape index (κ1) is 23.8. The lowest BCUT2D eigenvalue weighted by Gasteiger charge is -2.40. The summed E-state index contributed by atoms with van der Waals surface area (Å²) >= 11 is 0. The van der Waals surface area contributed by atoms with Gasteiger partial charge in [0.2, 0.25) is 0 Å². The smallest absolute Gasteiger partial charge is 0.304 e. The van der Waals surface area contributed by atoms with Crippen LogP contribution in [0.2, 0.25) is 0 Å². The van der Waals surface area contributed by atoms with Crippen LogP contribution in [-0.4, -0.2) is 61.9 Å². The fourth-order valence-corrected chi connectivity index (χ4v) is 6.88. The molecule has 0 aliphatic carbocycles. The molecule has 0 bridgehead atoms. The van der Waals surface area contributed by atoms with Crippen molar-refractivity contribution in [1.82, 2.24) is 14.2 Å². The molecule has 2 aliphatic heterocycles. The van der Waals surface area contributed by atoms with Crippen molar-refractivity contribution in [2.24, 2.45) is 0 Å². The molecule has 0 saturated heterocycles. The van der Waals surface area contributed by atoms with Crippen molar-refractivity contribution in [2.45, 2.75) is 32.9 Å². The Morgan fingerprint density at radius 1 is 1.17 bits per heavy atom. The van der Waals surface area contributed by atoms with Gasteiger partial charge in [-0.3, -0.25) is 9.21 Å². The maximum absolute atomic E-state index is 13.5. The van der Waals surface area contributed by atoms with E-state index in [9.17, 15) is 12.8 Å². The lowest BCUT2D eigenvalue weighted by molar-refractivity contribution is 0.303. The number of hydrogen-bond donors (Lipinski definition) is 1. The first-order chi connectivity index (χ1) is 16.8. The number of aromatic nitrogens is 1. The van der Waals surface area contributed by atoms with Crippen molar-refractivity contribution >= 4 is 32.4 Å². The number of H-pyrrole nitrogens is 1. The highest BCUT2D eigenvalue weighted by Gasteiger charge is 2.39. The molecule has 35 heavy (non-hydrogen) atoms. The van der Waals surface area contributed by atoms with Crippen molar-refractivity contribution < 1.29 is 17.5 Å². The van der Waals surface area contributed by atoms with Gasteiger partial charge in [0.05, 0.1) is 12.8 Å². The molecule has 7 nitrogen and oxygen atoms in total. The number of anilines is 1. The summed E-state index contributed by atoms with van der Waals surface area (Å²) in [5.41, 5.74) is 4.72. The molecule has 9 heteroatoms. The molecule has 186 valence electrons. The minimum atomic E-state index is -3.64. The van der Waals surface area contributed by atoms with Gasteiger partial charge in [-0.2, -0.15) is 12.7 Å².